The minimum atomic E-state index is -3.90. The highest BCUT2D eigenvalue weighted by molar-refractivity contribution is 7.91. The number of halogens is 3. The van der Waals surface area contributed by atoms with Crippen LogP contribution in [0.5, 0.6) is 5.75 Å². The van der Waals surface area contributed by atoms with Crippen molar-refractivity contribution in [2.24, 2.45) is 0 Å². The molecule has 0 unspecified atom stereocenters. The molecule has 1 spiro atoms. The lowest BCUT2D eigenvalue weighted by Gasteiger charge is -2.38. The summed E-state index contributed by atoms with van der Waals surface area (Å²) < 4.78 is 32.2. The van der Waals surface area contributed by atoms with Crippen LogP contribution in [0.4, 0.5) is 0 Å². The van der Waals surface area contributed by atoms with Crippen molar-refractivity contribution in [3.05, 3.63) is 52.0 Å². The molecule has 31 heavy (non-hydrogen) atoms. The third-order valence-electron chi connectivity index (χ3n) is 5.98. The SMILES string of the molecule is Cl.O=C(O)CCN1CCC2(CC1)COc1cc(S(=O)(=O)c3c(Cl)cccc3Cl)ccc12. The minimum absolute atomic E-state index is 0. The van der Waals surface area contributed by atoms with Gasteiger partial charge in [-0.2, -0.15) is 0 Å². The molecule has 2 aromatic rings. The molecule has 6 nitrogen and oxygen atoms in total. The summed E-state index contributed by atoms with van der Waals surface area (Å²) in [4.78, 5) is 12.9. The number of likely N-dealkylation sites (tertiary alicyclic amines) is 1. The molecule has 0 aliphatic carbocycles. The third-order valence-corrected chi connectivity index (χ3v) is 8.69. The number of piperidine rings is 1. The van der Waals surface area contributed by atoms with Gasteiger partial charge in [0.1, 0.15) is 10.6 Å². The molecule has 1 N–H and O–H groups in total. The van der Waals surface area contributed by atoms with Gasteiger partial charge in [-0.15, -0.1) is 12.4 Å². The number of carboxylic acid groups (broad SMARTS) is 1. The van der Waals surface area contributed by atoms with E-state index in [1.807, 2.05) is 6.07 Å². The van der Waals surface area contributed by atoms with Crippen LogP contribution in [0, 0.1) is 0 Å². The van der Waals surface area contributed by atoms with Crippen LogP contribution >= 0.6 is 35.6 Å². The van der Waals surface area contributed by atoms with E-state index in [1.165, 1.54) is 12.1 Å². The normalized spacial score (nSPS) is 17.6. The molecule has 1 saturated heterocycles. The van der Waals surface area contributed by atoms with Crippen LogP contribution in [-0.4, -0.2) is 50.6 Å². The summed E-state index contributed by atoms with van der Waals surface area (Å²) in [5.74, 6) is -0.226. The molecule has 4 rings (SSSR count). The van der Waals surface area contributed by atoms with Gasteiger partial charge >= 0.3 is 5.97 Å². The Morgan fingerprint density at radius 2 is 1.77 bits per heavy atom. The zero-order chi connectivity index (χ0) is 21.5. The fourth-order valence-electron chi connectivity index (χ4n) is 4.25. The largest absolute Gasteiger partial charge is 0.492 e. The number of carbonyl (C=O) groups is 1. The summed E-state index contributed by atoms with van der Waals surface area (Å²) in [6.07, 6.45) is 1.80. The fourth-order valence-corrected chi connectivity index (χ4v) is 6.65. The molecule has 0 amide bonds. The third kappa shape index (κ3) is 4.52. The summed E-state index contributed by atoms with van der Waals surface area (Å²) in [7, 11) is -3.90. The number of sulfone groups is 1. The molecule has 2 aliphatic rings. The van der Waals surface area contributed by atoms with E-state index >= 15 is 0 Å². The van der Waals surface area contributed by atoms with Gasteiger partial charge < -0.3 is 14.7 Å². The van der Waals surface area contributed by atoms with Gasteiger partial charge in [-0.05, 0) is 50.2 Å². The zero-order valence-electron chi connectivity index (χ0n) is 16.5. The molecule has 168 valence electrons. The Kier molecular flexibility index (Phi) is 7.13. The van der Waals surface area contributed by atoms with Gasteiger partial charge in [0.25, 0.3) is 0 Å². The first kappa shape index (κ1) is 24.1. The number of rotatable bonds is 5. The Balaban J connectivity index is 0.00000272. The van der Waals surface area contributed by atoms with E-state index in [4.69, 9.17) is 33.0 Å². The number of hydrogen-bond acceptors (Lipinski definition) is 5. The molecular formula is C21H22Cl3NO5S. The van der Waals surface area contributed by atoms with Gasteiger partial charge in [-0.3, -0.25) is 4.79 Å². The van der Waals surface area contributed by atoms with Gasteiger partial charge in [-0.25, -0.2) is 8.42 Å². The van der Waals surface area contributed by atoms with Gasteiger partial charge in [0.05, 0.1) is 28.0 Å². The van der Waals surface area contributed by atoms with Crippen molar-refractivity contribution in [3.8, 4) is 5.75 Å². The Morgan fingerprint density at radius 3 is 2.39 bits per heavy atom. The minimum Gasteiger partial charge on any atom is -0.492 e. The number of ether oxygens (including phenoxy) is 1. The monoisotopic (exact) mass is 505 g/mol. The molecule has 0 atom stereocenters. The van der Waals surface area contributed by atoms with E-state index in [9.17, 15) is 13.2 Å². The van der Waals surface area contributed by atoms with Crippen molar-refractivity contribution >= 4 is 51.4 Å². The predicted molar refractivity (Wildman–Crippen MR) is 121 cm³/mol. The smallest absolute Gasteiger partial charge is 0.304 e. The lowest BCUT2D eigenvalue weighted by atomic mass is 9.74. The molecule has 2 heterocycles. The van der Waals surface area contributed by atoms with Crippen molar-refractivity contribution < 1.29 is 23.1 Å². The number of benzene rings is 2. The van der Waals surface area contributed by atoms with Crippen LogP contribution in [-0.2, 0) is 20.0 Å². The second-order valence-electron chi connectivity index (χ2n) is 7.77. The molecule has 2 aliphatic heterocycles. The van der Waals surface area contributed by atoms with Gasteiger partial charge in [0.15, 0.2) is 0 Å². The average molecular weight is 507 g/mol. The fraction of sp³-hybridized carbons (Fsp3) is 0.381. The molecule has 0 bridgehead atoms. The Morgan fingerprint density at radius 1 is 1.13 bits per heavy atom. The zero-order valence-corrected chi connectivity index (χ0v) is 19.7. The highest BCUT2D eigenvalue weighted by Gasteiger charge is 2.43. The maximum Gasteiger partial charge on any atom is 0.304 e. The Hall–Kier alpha value is -1.51. The van der Waals surface area contributed by atoms with Crippen molar-refractivity contribution in [1.29, 1.82) is 0 Å². The number of aliphatic carboxylic acids is 1. The summed E-state index contributed by atoms with van der Waals surface area (Å²) >= 11 is 12.2. The van der Waals surface area contributed by atoms with E-state index in [0.29, 0.717) is 18.9 Å². The highest BCUT2D eigenvalue weighted by Crippen LogP contribution is 2.47. The van der Waals surface area contributed by atoms with Gasteiger partial charge in [-0.1, -0.05) is 35.3 Å². The van der Waals surface area contributed by atoms with E-state index in [-0.39, 0.29) is 44.1 Å². The topological polar surface area (TPSA) is 83.9 Å². The summed E-state index contributed by atoms with van der Waals surface area (Å²) in [6, 6.07) is 9.56. The lowest BCUT2D eigenvalue weighted by molar-refractivity contribution is -0.137. The maximum atomic E-state index is 13.1. The van der Waals surface area contributed by atoms with Crippen LogP contribution in [0.2, 0.25) is 10.0 Å². The average Bonchev–Trinajstić information content (AvgIpc) is 3.05. The Bertz CT molecular complexity index is 1080. The van der Waals surface area contributed by atoms with E-state index in [2.05, 4.69) is 4.90 Å². The first-order valence-electron chi connectivity index (χ1n) is 9.64. The summed E-state index contributed by atoms with van der Waals surface area (Å²) in [5, 5.41) is 9.03. The summed E-state index contributed by atoms with van der Waals surface area (Å²) in [5.41, 5.74) is 0.837. The molecule has 0 saturated carbocycles. The van der Waals surface area contributed by atoms with E-state index < -0.39 is 15.8 Å². The number of fused-ring (bicyclic) bond motifs is 2. The van der Waals surface area contributed by atoms with Crippen LogP contribution < -0.4 is 4.74 Å². The standard InChI is InChI=1S/C21H21Cl2NO5S.ClH/c22-16-2-1-3-17(23)20(16)30(27,28)14-4-5-15-18(12-14)29-13-21(15)7-10-24(11-8-21)9-6-19(25)26;/h1-5,12H,6-11,13H2,(H,25,26);1H. The van der Waals surface area contributed by atoms with Gasteiger partial charge in [0, 0.05) is 17.5 Å². The quantitative estimate of drug-likeness (QED) is 0.645. The number of carboxylic acids is 1. The lowest BCUT2D eigenvalue weighted by Crippen LogP contribution is -2.44. The second-order valence-corrected chi connectivity index (χ2v) is 10.5. The van der Waals surface area contributed by atoms with Gasteiger partial charge in [0.2, 0.25) is 9.84 Å². The summed E-state index contributed by atoms with van der Waals surface area (Å²) in [6.45, 7) is 2.59. The van der Waals surface area contributed by atoms with Crippen molar-refractivity contribution in [1.82, 2.24) is 4.90 Å². The molecule has 2 aromatic carbocycles. The van der Waals surface area contributed by atoms with Crippen molar-refractivity contribution in [2.45, 2.75) is 34.5 Å². The van der Waals surface area contributed by atoms with Crippen LogP contribution in [0.25, 0.3) is 0 Å². The number of hydrogen-bond donors (Lipinski definition) is 1. The molecule has 1 fully saturated rings. The van der Waals surface area contributed by atoms with Crippen molar-refractivity contribution in [3.63, 3.8) is 0 Å². The van der Waals surface area contributed by atoms with Crippen LogP contribution in [0.1, 0.15) is 24.8 Å². The number of nitrogens with zero attached hydrogens (tertiary/aromatic N) is 1. The maximum absolute atomic E-state index is 13.1. The molecular weight excluding hydrogens is 485 g/mol. The van der Waals surface area contributed by atoms with E-state index in [1.54, 1.807) is 18.2 Å². The second kappa shape index (κ2) is 9.16. The van der Waals surface area contributed by atoms with Crippen molar-refractivity contribution in [2.75, 3.05) is 26.2 Å². The molecule has 0 aromatic heterocycles. The Labute approximate surface area is 197 Å². The van der Waals surface area contributed by atoms with Crippen LogP contribution in [0.15, 0.2) is 46.2 Å². The van der Waals surface area contributed by atoms with Crippen LogP contribution in [0.3, 0.4) is 0 Å². The predicted octanol–water partition coefficient (Wildman–Crippen LogP) is 4.45. The highest BCUT2D eigenvalue weighted by atomic mass is 35.5. The molecule has 10 heteroatoms. The van der Waals surface area contributed by atoms with E-state index in [0.717, 1.165) is 31.5 Å². The molecule has 0 radical (unpaired) electrons. The first-order valence-corrected chi connectivity index (χ1v) is 11.9. The first-order chi connectivity index (χ1) is 14.2.